The minimum atomic E-state index is 0.954. The zero-order valence-electron chi connectivity index (χ0n) is 6.74. The van der Waals surface area contributed by atoms with Crippen molar-refractivity contribution in [2.24, 2.45) is 23.7 Å². The molecule has 3 rings (SSSR count). The first-order chi connectivity index (χ1) is 5.45. The quantitative estimate of drug-likeness (QED) is 0.461. The first kappa shape index (κ1) is 6.05. The minimum absolute atomic E-state index is 0.954. The van der Waals surface area contributed by atoms with Crippen LogP contribution < -0.4 is 0 Å². The normalized spacial score (nSPS) is 51.6. The van der Waals surface area contributed by atoms with Crippen LogP contribution in [0.3, 0.4) is 0 Å². The molecule has 0 unspecified atom stereocenters. The van der Waals surface area contributed by atoms with E-state index in [0.717, 1.165) is 23.7 Å². The Labute approximate surface area is 68.0 Å². The Morgan fingerprint density at radius 2 is 1.36 bits per heavy atom. The molecule has 0 N–H and O–H groups in total. The lowest BCUT2D eigenvalue weighted by Crippen LogP contribution is -2.20. The largest absolute Gasteiger partial charge is 0.0882 e. The van der Waals surface area contributed by atoms with E-state index in [2.05, 4.69) is 24.3 Å². The maximum atomic E-state index is 2.46. The van der Waals surface area contributed by atoms with Crippen LogP contribution in [0.5, 0.6) is 0 Å². The average molecular weight is 146 g/mol. The molecule has 0 heteroatoms. The lowest BCUT2D eigenvalue weighted by atomic mass is 9.76. The molecule has 0 aromatic rings. The van der Waals surface area contributed by atoms with Crippen LogP contribution in [0.1, 0.15) is 19.3 Å². The van der Waals surface area contributed by atoms with Gasteiger partial charge in [0.1, 0.15) is 0 Å². The van der Waals surface area contributed by atoms with E-state index in [1.165, 1.54) is 19.3 Å². The molecule has 0 nitrogen and oxygen atoms in total. The second-order valence-electron chi connectivity index (χ2n) is 4.22. The smallest absolute Gasteiger partial charge is 0.0193 e. The van der Waals surface area contributed by atoms with E-state index < -0.39 is 0 Å². The van der Waals surface area contributed by atoms with Crippen molar-refractivity contribution in [2.45, 2.75) is 19.3 Å². The average Bonchev–Trinajstić information content (AvgIpc) is 2.64. The molecule has 3 aliphatic carbocycles. The Morgan fingerprint density at radius 3 is 1.91 bits per heavy atom. The van der Waals surface area contributed by atoms with Crippen LogP contribution >= 0.6 is 0 Å². The van der Waals surface area contributed by atoms with Gasteiger partial charge >= 0.3 is 0 Å². The molecule has 1 saturated carbocycles. The second-order valence-corrected chi connectivity index (χ2v) is 4.22. The summed E-state index contributed by atoms with van der Waals surface area (Å²) in [4.78, 5) is 0. The summed E-state index contributed by atoms with van der Waals surface area (Å²) in [5.74, 6) is 3.95. The van der Waals surface area contributed by atoms with Crippen LogP contribution in [0, 0.1) is 23.7 Å². The third-order valence-electron chi connectivity index (χ3n) is 3.78. The van der Waals surface area contributed by atoms with Crippen LogP contribution in [0.25, 0.3) is 0 Å². The Hall–Kier alpha value is -0.520. The number of hydrogen-bond donors (Lipinski definition) is 0. The molecule has 0 spiro atoms. The molecule has 0 aromatic carbocycles. The zero-order valence-corrected chi connectivity index (χ0v) is 6.74. The van der Waals surface area contributed by atoms with Gasteiger partial charge in [-0.05, 0) is 42.9 Å². The molecular weight excluding hydrogens is 132 g/mol. The first-order valence-corrected chi connectivity index (χ1v) is 4.78. The van der Waals surface area contributed by atoms with Gasteiger partial charge < -0.3 is 0 Å². The van der Waals surface area contributed by atoms with Crippen molar-refractivity contribution in [3.63, 3.8) is 0 Å². The lowest BCUT2D eigenvalue weighted by Gasteiger charge is -2.28. The number of hydrogen-bond acceptors (Lipinski definition) is 0. The zero-order chi connectivity index (χ0) is 7.26. The highest BCUT2D eigenvalue weighted by Gasteiger charge is 2.43. The van der Waals surface area contributed by atoms with Crippen molar-refractivity contribution in [1.29, 1.82) is 0 Å². The molecule has 0 aliphatic heterocycles. The van der Waals surface area contributed by atoms with Crippen molar-refractivity contribution in [1.82, 2.24) is 0 Å². The molecule has 0 heterocycles. The molecule has 11 heavy (non-hydrogen) atoms. The molecule has 1 fully saturated rings. The van der Waals surface area contributed by atoms with Crippen molar-refractivity contribution in [3.8, 4) is 0 Å². The summed E-state index contributed by atoms with van der Waals surface area (Å²) in [5.41, 5.74) is 0. The molecule has 0 saturated heterocycles. The lowest BCUT2D eigenvalue weighted by molar-refractivity contribution is 0.302. The van der Waals surface area contributed by atoms with E-state index in [-0.39, 0.29) is 0 Å². The standard InChI is InChI=1S/C11H14/c1-2-4-11-9-6-5-8(7-9)10(11)3-1/h1-2,5-6,8-11H,3-4,7H2/t8-,9+,10-,11+. The van der Waals surface area contributed by atoms with Gasteiger partial charge in [-0.1, -0.05) is 24.3 Å². The van der Waals surface area contributed by atoms with Crippen LogP contribution in [-0.2, 0) is 0 Å². The Bertz CT molecular complexity index is 202. The van der Waals surface area contributed by atoms with Gasteiger partial charge in [0.15, 0.2) is 0 Å². The van der Waals surface area contributed by atoms with Crippen LogP contribution in [0.4, 0.5) is 0 Å². The topological polar surface area (TPSA) is 0 Å². The van der Waals surface area contributed by atoms with Crippen molar-refractivity contribution in [2.75, 3.05) is 0 Å². The Kier molecular flexibility index (Phi) is 1.10. The van der Waals surface area contributed by atoms with E-state index in [0.29, 0.717) is 0 Å². The minimum Gasteiger partial charge on any atom is -0.0882 e. The van der Waals surface area contributed by atoms with Crippen LogP contribution in [0.15, 0.2) is 24.3 Å². The van der Waals surface area contributed by atoms with E-state index in [1.807, 2.05) is 0 Å². The van der Waals surface area contributed by atoms with E-state index in [1.54, 1.807) is 0 Å². The van der Waals surface area contributed by atoms with Gasteiger partial charge in [0.2, 0.25) is 0 Å². The van der Waals surface area contributed by atoms with Crippen LogP contribution in [0.2, 0.25) is 0 Å². The SMILES string of the molecule is C1=CC[C@H]2[C@@H](C1)[C@H]1C=C[C@@H]2C1. The van der Waals surface area contributed by atoms with Gasteiger partial charge in [-0.15, -0.1) is 0 Å². The summed E-state index contributed by atoms with van der Waals surface area (Å²) in [6.07, 6.45) is 13.9. The predicted octanol–water partition coefficient (Wildman–Crippen LogP) is 2.77. The summed E-state index contributed by atoms with van der Waals surface area (Å²) >= 11 is 0. The first-order valence-electron chi connectivity index (χ1n) is 4.78. The summed E-state index contributed by atoms with van der Waals surface area (Å²) in [6.45, 7) is 0. The predicted molar refractivity (Wildman–Crippen MR) is 46.1 cm³/mol. The molecule has 2 bridgehead atoms. The van der Waals surface area contributed by atoms with Crippen molar-refractivity contribution >= 4 is 0 Å². The number of allylic oxidation sites excluding steroid dienone is 4. The third-order valence-corrected chi connectivity index (χ3v) is 3.78. The van der Waals surface area contributed by atoms with Gasteiger partial charge in [0, 0.05) is 0 Å². The number of fused-ring (bicyclic) bond motifs is 5. The monoisotopic (exact) mass is 146 g/mol. The highest BCUT2D eigenvalue weighted by Crippen LogP contribution is 2.52. The molecule has 0 aromatic heterocycles. The van der Waals surface area contributed by atoms with Crippen molar-refractivity contribution < 1.29 is 0 Å². The van der Waals surface area contributed by atoms with Crippen molar-refractivity contribution in [3.05, 3.63) is 24.3 Å². The van der Waals surface area contributed by atoms with E-state index in [4.69, 9.17) is 0 Å². The van der Waals surface area contributed by atoms with E-state index in [9.17, 15) is 0 Å². The highest BCUT2D eigenvalue weighted by molar-refractivity contribution is 5.17. The summed E-state index contributed by atoms with van der Waals surface area (Å²) in [5, 5.41) is 0. The van der Waals surface area contributed by atoms with Gasteiger partial charge in [-0.2, -0.15) is 0 Å². The fraction of sp³-hybridized carbons (Fsp3) is 0.636. The molecule has 0 amide bonds. The molecule has 4 atom stereocenters. The van der Waals surface area contributed by atoms with Gasteiger partial charge in [0.05, 0.1) is 0 Å². The van der Waals surface area contributed by atoms with E-state index >= 15 is 0 Å². The highest BCUT2D eigenvalue weighted by atomic mass is 14.5. The van der Waals surface area contributed by atoms with Crippen LogP contribution in [-0.4, -0.2) is 0 Å². The molecular formula is C11H14. The van der Waals surface area contributed by atoms with Gasteiger partial charge in [-0.25, -0.2) is 0 Å². The summed E-state index contributed by atoms with van der Waals surface area (Å²) < 4.78 is 0. The fourth-order valence-electron chi connectivity index (χ4n) is 3.23. The Morgan fingerprint density at radius 1 is 0.818 bits per heavy atom. The molecule has 0 radical (unpaired) electrons. The molecule has 3 aliphatic rings. The fourth-order valence-corrected chi connectivity index (χ4v) is 3.23. The molecule has 58 valence electrons. The third kappa shape index (κ3) is 0.702. The van der Waals surface area contributed by atoms with Gasteiger partial charge in [-0.3, -0.25) is 0 Å². The van der Waals surface area contributed by atoms with Gasteiger partial charge in [0.25, 0.3) is 0 Å². The summed E-state index contributed by atoms with van der Waals surface area (Å²) in [7, 11) is 0. The summed E-state index contributed by atoms with van der Waals surface area (Å²) in [6, 6.07) is 0. The maximum Gasteiger partial charge on any atom is -0.0193 e. The maximum absolute atomic E-state index is 2.46. The second kappa shape index (κ2) is 2.00. The number of rotatable bonds is 0. The Balaban J connectivity index is 1.96.